The van der Waals surface area contributed by atoms with Gasteiger partial charge in [-0.15, -0.1) is 0 Å². The van der Waals surface area contributed by atoms with Crippen molar-refractivity contribution in [2.24, 2.45) is 11.8 Å². The van der Waals surface area contributed by atoms with E-state index in [-0.39, 0.29) is 29.9 Å². The Labute approximate surface area is 191 Å². The van der Waals surface area contributed by atoms with E-state index in [9.17, 15) is 9.59 Å². The van der Waals surface area contributed by atoms with Crippen molar-refractivity contribution in [3.63, 3.8) is 0 Å². The highest BCUT2D eigenvalue weighted by Gasteiger charge is 2.33. The molecule has 4 rings (SSSR count). The third-order valence-electron chi connectivity index (χ3n) is 7.14. The standard InChI is InChI=1S/C28H34O4/c1-19-3-7-21(8-4-19)22-13-17-26(18-14-22)32-28(30)24-11-9-23(10-12-24)27(29)31-25-15-5-20(2)6-16-25/h3-8,15-16,22-24,26H,9-14,17-18H2,1-2H3. The first-order chi connectivity index (χ1) is 15.5. The largest absolute Gasteiger partial charge is 0.462 e. The normalized spacial score (nSPS) is 25.7. The molecule has 2 aromatic carbocycles. The maximum atomic E-state index is 12.7. The maximum absolute atomic E-state index is 12.7. The molecule has 4 nitrogen and oxygen atoms in total. The van der Waals surface area contributed by atoms with E-state index in [1.807, 2.05) is 31.2 Å². The minimum Gasteiger partial charge on any atom is -0.462 e. The van der Waals surface area contributed by atoms with Gasteiger partial charge in [-0.05, 0) is 88.8 Å². The van der Waals surface area contributed by atoms with Crippen molar-refractivity contribution in [3.05, 3.63) is 65.2 Å². The highest BCUT2D eigenvalue weighted by molar-refractivity contribution is 5.76. The molecule has 0 amide bonds. The number of hydrogen-bond acceptors (Lipinski definition) is 4. The highest BCUT2D eigenvalue weighted by Crippen LogP contribution is 2.36. The Morgan fingerprint density at radius 2 is 1.16 bits per heavy atom. The van der Waals surface area contributed by atoms with E-state index in [4.69, 9.17) is 9.47 Å². The van der Waals surface area contributed by atoms with E-state index in [1.165, 1.54) is 11.1 Å². The zero-order valence-corrected chi connectivity index (χ0v) is 19.2. The monoisotopic (exact) mass is 434 g/mol. The Morgan fingerprint density at radius 1 is 0.656 bits per heavy atom. The van der Waals surface area contributed by atoms with Crippen LogP contribution in [-0.4, -0.2) is 18.0 Å². The Hall–Kier alpha value is -2.62. The molecule has 0 heterocycles. The summed E-state index contributed by atoms with van der Waals surface area (Å²) in [5.74, 6) is 0.673. The number of aryl methyl sites for hydroxylation is 2. The predicted molar refractivity (Wildman–Crippen MR) is 125 cm³/mol. The van der Waals surface area contributed by atoms with Crippen molar-refractivity contribution in [3.8, 4) is 5.75 Å². The fourth-order valence-electron chi connectivity index (χ4n) is 4.98. The third-order valence-corrected chi connectivity index (χ3v) is 7.14. The molecule has 0 radical (unpaired) electrons. The first kappa shape index (κ1) is 22.6. The zero-order valence-electron chi connectivity index (χ0n) is 19.2. The molecule has 170 valence electrons. The summed E-state index contributed by atoms with van der Waals surface area (Å²) < 4.78 is 11.4. The minimum atomic E-state index is -0.185. The summed E-state index contributed by atoms with van der Waals surface area (Å²) in [5, 5.41) is 0. The smallest absolute Gasteiger partial charge is 0.314 e. The van der Waals surface area contributed by atoms with Crippen molar-refractivity contribution in [2.45, 2.75) is 77.2 Å². The van der Waals surface area contributed by atoms with Crippen molar-refractivity contribution in [2.75, 3.05) is 0 Å². The van der Waals surface area contributed by atoms with Gasteiger partial charge in [0, 0.05) is 0 Å². The summed E-state index contributed by atoms with van der Waals surface area (Å²) in [4.78, 5) is 25.2. The van der Waals surface area contributed by atoms with Crippen LogP contribution in [0.1, 0.15) is 74.0 Å². The van der Waals surface area contributed by atoms with E-state index >= 15 is 0 Å². The van der Waals surface area contributed by atoms with Crippen molar-refractivity contribution in [1.82, 2.24) is 0 Å². The Bertz CT molecular complexity index is 899. The third kappa shape index (κ3) is 5.79. The van der Waals surface area contributed by atoms with E-state index < -0.39 is 0 Å². The first-order valence-electron chi connectivity index (χ1n) is 12.0. The molecule has 0 atom stereocenters. The van der Waals surface area contributed by atoms with Gasteiger partial charge in [0.15, 0.2) is 0 Å². The maximum Gasteiger partial charge on any atom is 0.314 e. The van der Waals surface area contributed by atoms with Crippen LogP contribution in [0.5, 0.6) is 5.75 Å². The molecule has 0 aliphatic heterocycles. The summed E-state index contributed by atoms with van der Waals surface area (Å²) in [6, 6.07) is 16.3. The van der Waals surface area contributed by atoms with Gasteiger partial charge in [0.25, 0.3) is 0 Å². The Kier molecular flexibility index (Phi) is 7.29. The van der Waals surface area contributed by atoms with Crippen LogP contribution in [-0.2, 0) is 14.3 Å². The molecule has 0 unspecified atom stereocenters. The molecule has 4 heteroatoms. The summed E-state index contributed by atoms with van der Waals surface area (Å²) in [7, 11) is 0. The van der Waals surface area contributed by atoms with Crippen LogP contribution >= 0.6 is 0 Å². The number of carbonyl (C=O) groups is 2. The molecule has 2 saturated carbocycles. The summed E-state index contributed by atoms with van der Waals surface area (Å²) >= 11 is 0. The zero-order chi connectivity index (χ0) is 22.5. The molecule has 2 aromatic rings. The molecule has 2 aliphatic rings. The lowest BCUT2D eigenvalue weighted by Gasteiger charge is -2.31. The van der Waals surface area contributed by atoms with Crippen LogP contribution in [0.2, 0.25) is 0 Å². The van der Waals surface area contributed by atoms with Crippen molar-refractivity contribution in [1.29, 1.82) is 0 Å². The van der Waals surface area contributed by atoms with Crippen LogP contribution in [0.3, 0.4) is 0 Å². The lowest BCUT2D eigenvalue weighted by atomic mass is 9.81. The summed E-state index contributed by atoms with van der Waals surface area (Å²) in [6.07, 6.45) is 6.81. The average Bonchev–Trinajstić information content (AvgIpc) is 2.82. The van der Waals surface area contributed by atoms with E-state index in [2.05, 4.69) is 31.2 Å². The van der Waals surface area contributed by atoms with Gasteiger partial charge in [-0.25, -0.2) is 0 Å². The molecule has 0 spiro atoms. The SMILES string of the molecule is Cc1ccc(OC(=O)C2CCC(C(=O)OC3CCC(c4ccc(C)cc4)CC3)CC2)cc1. The second-order valence-corrected chi connectivity index (χ2v) is 9.60. The van der Waals surface area contributed by atoms with Gasteiger partial charge in [0.05, 0.1) is 11.8 Å². The molecule has 0 saturated heterocycles. The molecular weight excluding hydrogens is 400 g/mol. The number of esters is 2. The predicted octanol–water partition coefficient (Wildman–Crippen LogP) is 6.28. The van der Waals surface area contributed by atoms with E-state index in [0.29, 0.717) is 37.4 Å². The van der Waals surface area contributed by atoms with Gasteiger partial charge in [0.1, 0.15) is 11.9 Å². The van der Waals surface area contributed by atoms with Crippen LogP contribution in [0.4, 0.5) is 0 Å². The van der Waals surface area contributed by atoms with Gasteiger partial charge in [-0.1, -0.05) is 47.5 Å². The lowest BCUT2D eigenvalue weighted by molar-refractivity contribution is -0.158. The first-order valence-corrected chi connectivity index (χ1v) is 12.0. The summed E-state index contributed by atoms with van der Waals surface area (Å²) in [6.45, 7) is 4.11. The van der Waals surface area contributed by atoms with Crippen LogP contribution in [0, 0.1) is 25.7 Å². The van der Waals surface area contributed by atoms with Gasteiger partial charge in [-0.2, -0.15) is 0 Å². The fraction of sp³-hybridized carbons (Fsp3) is 0.500. The number of benzene rings is 2. The Balaban J connectivity index is 1.19. The minimum absolute atomic E-state index is 0.0356. The molecule has 0 N–H and O–H groups in total. The lowest BCUT2D eigenvalue weighted by Crippen LogP contribution is -2.32. The van der Waals surface area contributed by atoms with Gasteiger partial charge >= 0.3 is 11.9 Å². The molecule has 0 bridgehead atoms. The Morgan fingerprint density at radius 3 is 1.72 bits per heavy atom. The van der Waals surface area contributed by atoms with Crippen molar-refractivity contribution < 1.29 is 19.1 Å². The number of rotatable bonds is 5. The number of hydrogen-bond donors (Lipinski definition) is 0. The average molecular weight is 435 g/mol. The van der Waals surface area contributed by atoms with Gasteiger partial charge in [0.2, 0.25) is 0 Å². The quantitative estimate of drug-likeness (QED) is 0.410. The van der Waals surface area contributed by atoms with Crippen LogP contribution in [0.25, 0.3) is 0 Å². The summed E-state index contributed by atoms with van der Waals surface area (Å²) in [5.41, 5.74) is 3.82. The van der Waals surface area contributed by atoms with Gasteiger partial charge < -0.3 is 9.47 Å². The number of carbonyl (C=O) groups excluding carboxylic acids is 2. The topological polar surface area (TPSA) is 52.6 Å². The van der Waals surface area contributed by atoms with Crippen LogP contribution in [0.15, 0.2) is 48.5 Å². The molecule has 32 heavy (non-hydrogen) atoms. The van der Waals surface area contributed by atoms with E-state index in [1.54, 1.807) is 0 Å². The second-order valence-electron chi connectivity index (χ2n) is 9.60. The fourth-order valence-corrected chi connectivity index (χ4v) is 4.98. The highest BCUT2D eigenvalue weighted by atomic mass is 16.5. The number of ether oxygens (including phenoxy) is 2. The van der Waals surface area contributed by atoms with Crippen molar-refractivity contribution >= 4 is 11.9 Å². The molecular formula is C28H34O4. The second kappa shape index (κ2) is 10.3. The molecule has 0 aromatic heterocycles. The molecule has 2 aliphatic carbocycles. The van der Waals surface area contributed by atoms with E-state index in [0.717, 1.165) is 31.2 Å². The van der Waals surface area contributed by atoms with Gasteiger partial charge in [-0.3, -0.25) is 9.59 Å². The van der Waals surface area contributed by atoms with Crippen LogP contribution < -0.4 is 4.74 Å². The molecule has 2 fully saturated rings.